The molecule has 0 spiro atoms. The molecule has 0 saturated carbocycles. The minimum atomic E-state index is -0.729. The third kappa shape index (κ3) is 7.01. The van der Waals surface area contributed by atoms with Gasteiger partial charge in [-0.25, -0.2) is 4.39 Å². The van der Waals surface area contributed by atoms with E-state index in [-0.39, 0.29) is 29.5 Å². The number of anilines is 1. The van der Waals surface area contributed by atoms with Crippen LogP contribution in [0.25, 0.3) is 0 Å². The number of nitrogens with two attached hydrogens (primary N) is 1. The van der Waals surface area contributed by atoms with Crippen molar-refractivity contribution in [1.82, 2.24) is 10.2 Å². The number of benzene rings is 1. The molecule has 7 nitrogen and oxygen atoms in total. The van der Waals surface area contributed by atoms with Gasteiger partial charge in [0, 0.05) is 24.7 Å². The average molecular weight is 425 g/mol. The molecule has 1 aliphatic heterocycles. The van der Waals surface area contributed by atoms with Crippen molar-refractivity contribution >= 4 is 35.2 Å². The van der Waals surface area contributed by atoms with Crippen LogP contribution >= 0.6 is 11.8 Å². The molecule has 3 amide bonds. The number of nitrogens with zero attached hydrogens (tertiary/aromatic N) is 1. The fraction of sp³-hybridized carbons (Fsp3) is 0.550. The number of likely N-dealkylation sites (tertiary alicyclic amines) is 1. The van der Waals surface area contributed by atoms with Crippen LogP contribution in [-0.4, -0.2) is 59.8 Å². The maximum absolute atomic E-state index is 12.9. The number of carbonyl (C=O) groups is 3. The van der Waals surface area contributed by atoms with Gasteiger partial charge in [0.25, 0.3) is 0 Å². The highest BCUT2D eigenvalue weighted by atomic mass is 32.2. The highest BCUT2D eigenvalue weighted by Gasteiger charge is 2.30. The maximum atomic E-state index is 12.9. The molecule has 1 aromatic carbocycles. The second-order valence-electron chi connectivity index (χ2n) is 7.21. The SMILES string of the molecule is CSCCC(N)C(=O)N1CCC(C(=O)NC(C)C(=O)Nc2ccc(F)cc2)CC1. The van der Waals surface area contributed by atoms with E-state index in [1.165, 1.54) is 24.3 Å². The van der Waals surface area contributed by atoms with Gasteiger partial charge in [-0.05, 0) is 62.5 Å². The predicted octanol–water partition coefficient (Wildman–Crippen LogP) is 1.59. The van der Waals surface area contributed by atoms with Crippen molar-refractivity contribution < 1.29 is 18.8 Å². The second kappa shape index (κ2) is 11.2. The molecular formula is C20H29FN4O3S. The number of halogens is 1. The van der Waals surface area contributed by atoms with Crippen LogP contribution in [0.5, 0.6) is 0 Å². The molecule has 2 atom stereocenters. The largest absolute Gasteiger partial charge is 0.344 e. The van der Waals surface area contributed by atoms with Crippen LogP contribution in [-0.2, 0) is 14.4 Å². The Hall–Kier alpha value is -2.13. The van der Waals surface area contributed by atoms with Crippen LogP contribution in [0.1, 0.15) is 26.2 Å². The van der Waals surface area contributed by atoms with Gasteiger partial charge in [-0.15, -0.1) is 0 Å². The first kappa shape index (κ1) is 23.2. The molecule has 2 unspecified atom stereocenters. The third-order valence-corrected chi connectivity index (χ3v) is 5.64. The summed E-state index contributed by atoms with van der Waals surface area (Å²) in [4.78, 5) is 38.8. The van der Waals surface area contributed by atoms with Crippen LogP contribution in [0, 0.1) is 11.7 Å². The summed E-state index contributed by atoms with van der Waals surface area (Å²) in [5, 5.41) is 5.36. The number of thioether (sulfide) groups is 1. The van der Waals surface area contributed by atoms with Crippen molar-refractivity contribution in [2.45, 2.75) is 38.3 Å². The van der Waals surface area contributed by atoms with Gasteiger partial charge in [0.2, 0.25) is 17.7 Å². The lowest BCUT2D eigenvalue weighted by Gasteiger charge is -2.33. The Balaban J connectivity index is 1.77. The summed E-state index contributed by atoms with van der Waals surface area (Å²) >= 11 is 1.65. The molecule has 1 aromatic rings. The summed E-state index contributed by atoms with van der Waals surface area (Å²) in [7, 11) is 0. The quantitative estimate of drug-likeness (QED) is 0.588. The monoisotopic (exact) mass is 424 g/mol. The minimum absolute atomic E-state index is 0.0649. The number of nitrogens with one attached hydrogen (secondary N) is 2. The Kier molecular flexibility index (Phi) is 8.91. The van der Waals surface area contributed by atoms with Crippen molar-refractivity contribution in [1.29, 1.82) is 0 Å². The van der Waals surface area contributed by atoms with Crippen molar-refractivity contribution in [3.8, 4) is 0 Å². The van der Waals surface area contributed by atoms with Gasteiger partial charge in [-0.3, -0.25) is 14.4 Å². The molecule has 160 valence electrons. The second-order valence-corrected chi connectivity index (χ2v) is 8.20. The number of amides is 3. The van der Waals surface area contributed by atoms with Crippen molar-refractivity contribution in [2.24, 2.45) is 11.7 Å². The average Bonchev–Trinajstić information content (AvgIpc) is 2.73. The Labute approximate surface area is 175 Å². The lowest BCUT2D eigenvalue weighted by molar-refractivity contribution is -0.137. The Bertz CT molecular complexity index is 708. The van der Waals surface area contributed by atoms with E-state index in [0.29, 0.717) is 38.0 Å². The Morgan fingerprint density at radius 2 is 1.86 bits per heavy atom. The molecular weight excluding hydrogens is 395 g/mol. The van der Waals surface area contributed by atoms with E-state index in [2.05, 4.69) is 10.6 Å². The molecule has 1 heterocycles. The van der Waals surface area contributed by atoms with Gasteiger partial charge in [0.05, 0.1) is 6.04 Å². The van der Waals surface area contributed by atoms with Crippen LogP contribution in [0.4, 0.5) is 10.1 Å². The zero-order valence-corrected chi connectivity index (χ0v) is 17.6. The smallest absolute Gasteiger partial charge is 0.246 e. The van der Waals surface area contributed by atoms with Crippen molar-refractivity contribution in [3.05, 3.63) is 30.1 Å². The Morgan fingerprint density at radius 3 is 2.45 bits per heavy atom. The number of hydrogen-bond acceptors (Lipinski definition) is 5. The fourth-order valence-electron chi connectivity index (χ4n) is 3.15. The maximum Gasteiger partial charge on any atom is 0.246 e. The van der Waals surface area contributed by atoms with Gasteiger partial charge >= 0.3 is 0 Å². The number of rotatable bonds is 8. The molecule has 0 radical (unpaired) electrons. The first-order chi connectivity index (χ1) is 13.8. The molecule has 1 aliphatic rings. The van der Waals surface area contributed by atoms with Gasteiger partial charge in [0.1, 0.15) is 11.9 Å². The highest BCUT2D eigenvalue weighted by Crippen LogP contribution is 2.19. The number of piperidine rings is 1. The summed E-state index contributed by atoms with van der Waals surface area (Å²) in [6.07, 6.45) is 3.70. The summed E-state index contributed by atoms with van der Waals surface area (Å²) in [5.74, 6) is -0.446. The van der Waals surface area contributed by atoms with Gasteiger partial charge < -0.3 is 21.3 Å². The van der Waals surface area contributed by atoms with E-state index in [1.807, 2.05) is 6.26 Å². The zero-order valence-electron chi connectivity index (χ0n) is 16.8. The number of carbonyl (C=O) groups excluding carboxylic acids is 3. The van der Waals surface area contributed by atoms with Crippen LogP contribution in [0.3, 0.4) is 0 Å². The topological polar surface area (TPSA) is 105 Å². The van der Waals surface area contributed by atoms with Crippen molar-refractivity contribution in [3.63, 3.8) is 0 Å². The molecule has 0 aliphatic carbocycles. The van der Waals surface area contributed by atoms with E-state index < -0.39 is 12.1 Å². The molecule has 1 saturated heterocycles. The third-order valence-electron chi connectivity index (χ3n) is 4.99. The minimum Gasteiger partial charge on any atom is -0.344 e. The standard InChI is InChI=1S/C20H29FN4O3S/c1-13(18(26)24-16-5-3-15(21)4-6-16)23-19(27)14-7-10-25(11-8-14)20(28)17(22)9-12-29-2/h3-6,13-14,17H,7-12,22H2,1-2H3,(H,23,27)(H,24,26). The Morgan fingerprint density at radius 1 is 1.24 bits per heavy atom. The summed E-state index contributed by atoms with van der Waals surface area (Å²) in [6, 6.07) is 4.19. The molecule has 0 bridgehead atoms. The lowest BCUT2D eigenvalue weighted by atomic mass is 9.95. The van der Waals surface area contributed by atoms with Crippen LogP contribution in [0.15, 0.2) is 24.3 Å². The predicted molar refractivity (Wildman–Crippen MR) is 113 cm³/mol. The van der Waals surface area contributed by atoms with E-state index >= 15 is 0 Å². The zero-order chi connectivity index (χ0) is 21.4. The highest BCUT2D eigenvalue weighted by molar-refractivity contribution is 7.98. The van der Waals surface area contributed by atoms with E-state index in [4.69, 9.17) is 5.73 Å². The van der Waals surface area contributed by atoms with Crippen molar-refractivity contribution in [2.75, 3.05) is 30.4 Å². The van der Waals surface area contributed by atoms with Gasteiger partial charge in [-0.2, -0.15) is 11.8 Å². The molecule has 1 fully saturated rings. The van der Waals surface area contributed by atoms with Crippen LogP contribution < -0.4 is 16.4 Å². The normalized spacial score (nSPS) is 16.8. The van der Waals surface area contributed by atoms with Crippen LogP contribution in [0.2, 0.25) is 0 Å². The number of hydrogen-bond donors (Lipinski definition) is 3. The first-order valence-electron chi connectivity index (χ1n) is 9.72. The first-order valence-corrected chi connectivity index (χ1v) is 11.1. The fourth-order valence-corrected chi connectivity index (χ4v) is 3.64. The molecule has 0 aromatic heterocycles. The molecule has 9 heteroatoms. The molecule has 2 rings (SSSR count). The summed E-state index contributed by atoms with van der Waals surface area (Å²) < 4.78 is 12.9. The molecule has 29 heavy (non-hydrogen) atoms. The lowest BCUT2D eigenvalue weighted by Crippen LogP contribution is -2.50. The van der Waals surface area contributed by atoms with E-state index in [1.54, 1.807) is 23.6 Å². The summed E-state index contributed by atoms with van der Waals surface area (Å²) in [6.45, 7) is 2.57. The molecule has 4 N–H and O–H groups in total. The van der Waals surface area contributed by atoms with E-state index in [0.717, 1.165) is 5.75 Å². The van der Waals surface area contributed by atoms with Gasteiger partial charge in [0.15, 0.2) is 0 Å². The van der Waals surface area contributed by atoms with E-state index in [9.17, 15) is 18.8 Å². The summed E-state index contributed by atoms with van der Waals surface area (Å²) in [5.41, 5.74) is 6.41. The van der Waals surface area contributed by atoms with Gasteiger partial charge in [-0.1, -0.05) is 0 Å².